The molecule has 0 saturated heterocycles. The van der Waals surface area contributed by atoms with Crippen LogP contribution in [0, 0.1) is 12.8 Å². The number of para-hydroxylation sites is 1. The van der Waals surface area contributed by atoms with Gasteiger partial charge in [-0.25, -0.2) is 4.68 Å². The highest BCUT2D eigenvalue weighted by atomic mass is 35.5. The van der Waals surface area contributed by atoms with Crippen LogP contribution >= 0.6 is 11.6 Å². The monoisotopic (exact) mass is 347 g/mol. The van der Waals surface area contributed by atoms with E-state index in [-0.39, 0.29) is 18.6 Å². The zero-order chi connectivity index (χ0) is 17.1. The lowest BCUT2D eigenvalue weighted by Gasteiger charge is -2.27. The highest BCUT2D eigenvalue weighted by molar-refractivity contribution is 6.32. The van der Waals surface area contributed by atoms with Gasteiger partial charge in [0.25, 0.3) is 5.91 Å². The topological polar surface area (TPSA) is 67.2 Å². The van der Waals surface area contributed by atoms with Crippen molar-refractivity contribution in [1.82, 2.24) is 15.1 Å². The number of nitrogens with one attached hydrogen (secondary N) is 1. The van der Waals surface area contributed by atoms with E-state index in [1.165, 1.54) is 0 Å². The lowest BCUT2D eigenvalue weighted by atomic mass is 9.86. The van der Waals surface area contributed by atoms with Crippen molar-refractivity contribution in [2.75, 3.05) is 6.61 Å². The summed E-state index contributed by atoms with van der Waals surface area (Å²) >= 11 is 6.22. The molecule has 1 fully saturated rings. The normalized spacial score (nSPS) is 20.8. The maximum atomic E-state index is 12.5. The predicted molar refractivity (Wildman–Crippen MR) is 93.6 cm³/mol. The van der Waals surface area contributed by atoms with Gasteiger partial charge in [-0.2, -0.15) is 5.10 Å². The van der Waals surface area contributed by atoms with Crippen molar-refractivity contribution in [2.24, 2.45) is 5.92 Å². The van der Waals surface area contributed by atoms with Crippen molar-refractivity contribution in [3.8, 4) is 5.69 Å². The summed E-state index contributed by atoms with van der Waals surface area (Å²) in [6, 6.07) is 9.36. The van der Waals surface area contributed by atoms with Gasteiger partial charge < -0.3 is 10.4 Å². The molecule has 1 saturated carbocycles. The van der Waals surface area contributed by atoms with Crippen molar-refractivity contribution in [2.45, 2.75) is 38.6 Å². The Bertz CT molecular complexity index is 721. The molecule has 24 heavy (non-hydrogen) atoms. The molecule has 1 aromatic heterocycles. The summed E-state index contributed by atoms with van der Waals surface area (Å²) in [5.41, 5.74) is 2.02. The molecule has 3 rings (SSSR count). The first-order valence-electron chi connectivity index (χ1n) is 8.31. The molecule has 0 bridgehead atoms. The highest BCUT2D eigenvalue weighted by Gasteiger charge is 2.23. The molecule has 2 aromatic rings. The van der Waals surface area contributed by atoms with E-state index < -0.39 is 0 Å². The van der Waals surface area contributed by atoms with Gasteiger partial charge in [-0.05, 0) is 56.7 Å². The Morgan fingerprint density at radius 2 is 2.04 bits per heavy atom. The molecule has 1 aliphatic rings. The van der Waals surface area contributed by atoms with Gasteiger partial charge >= 0.3 is 0 Å². The number of halogens is 1. The van der Waals surface area contributed by atoms with Gasteiger partial charge in [0.15, 0.2) is 5.69 Å². The quantitative estimate of drug-likeness (QED) is 0.893. The molecule has 0 aliphatic heterocycles. The fourth-order valence-electron chi connectivity index (χ4n) is 3.20. The number of aromatic nitrogens is 2. The largest absolute Gasteiger partial charge is 0.396 e. The molecule has 0 unspecified atom stereocenters. The maximum Gasteiger partial charge on any atom is 0.272 e. The van der Waals surface area contributed by atoms with Gasteiger partial charge in [-0.1, -0.05) is 23.7 Å². The lowest BCUT2D eigenvalue weighted by Crippen LogP contribution is -2.38. The Kier molecular flexibility index (Phi) is 5.21. The van der Waals surface area contributed by atoms with E-state index >= 15 is 0 Å². The molecule has 1 aliphatic carbocycles. The number of aliphatic hydroxyl groups is 1. The molecule has 1 amide bonds. The summed E-state index contributed by atoms with van der Waals surface area (Å²) in [5, 5.41) is 17.3. The van der Waals surface area contributed by atoms with Crippen molar-refractivity contribution in [1.29, 1.82) is 0 Å². The molecular weight excluding hydrogens is 326 g/mol. The van der Waals surface area contributed by atoms with E-state index in [1.807, 2.05) is 25.1 Å². The summed E-state index contributed by atoms with van der Waals surface area (Å²) in [7, 11) is 0. The SMILES string of the molecule is Cc1cc(C(=O)NC2CCC(CO)CC2)nn1-c1ccccc1Cl. The molecule has 0 radical (unpaired) electrons. The zero-order valence-corrected chi connectivity index (χ0v) is 14.5. The molecule has 2 N–H and O–H groups in total. The Morgan fingerprint density at radius 3 is 2.71 bits per heavy atom. The third kappa shape index (κ3) is 3.62. The van der Waals surface area contributed by atoms with Crippen molar-refractivity contribution < 1.29 is 9.90 Å². The number of carbonyl (C=O) groups excluding carboxylic acids is 1. The van der Waals surface area contributed by atoms with Crippen LogP contribution in [0.3, 0.4) is 0 Å². The lowest BCUT2D eigenvalue weighted by molar-refractivity contribution is 0.0908. The van der Waals surface area contributed by atoms with E-state index in [4.69, 9.17) is 11.6 Å². The zero-order valence-electron chi connectivity index (χ0n) is 13.7. The van der Waals surface area contributed by atoms with E-state index in [2.05, 4.69) is 10.4 Å². The minimum Gasteiger partial charge on any atom is -0.396 e. The molecule has 5 nitrogen and oxygen atoms in total. The number of carbonyl (C=O) groups is 1. The first-order chi connectivity index (χ1) is 11.6. The Balaban J connectivity index is 1.71. The third-order valence-electron chi connectivity index (χ3n) is 4.64. The van der Waals surface area contributed by atoms with Gasteiger partial charge in [-0.3, -0.25) is 4.79 Å². The van der Waals surface area contributed by atoms with Crippen LogP contribution in [0.25, 0.3) is 5.69 Å². The number of aryl methyl sites for hydroxylation is 1. The number of benzene rings is 1. The van der Waals surface area contributed by atoms with Crippen molar-refractivity contribution in [3.05, 3.63) is 46.7 Å². The van der Waals surface area contributed by atoms with Crippen molar-refractivity contribution >= 4 is 17.5 Å². The fraction of sp³-hybridized carbons (Fsp3) is 0.444. The second-order valence-corrected chi connectivity index (χ2v) is 6.82. The number of nitrogens with zero attached hydrogens (tertiary/aromatic N) is 2. The number of hydrogen-bond acceptors (Lipinski definition) is 3. The molecule has 1 aromatic carbocycles. The fourth-order valence-corrected chi connectivity index (χ4v) is 3.42. The van der Waals surface area contributed by atoms with Crippen molar-refractivity contribution in [3.63, 3.8) is 0 Å². The molecular formula is C18H22ClN3O2. The van der Waals surface area contributed by atoms with Crippen LogP contribution in [-0.4, -0.2) is 33.4 Å². The molecule has 1 heterocycles. The Hall–Kier alpha value is -1.85. The van der Waals surface area contributed by atoms with Gasteiger partial charge in [0.05, 0.1) is 10.7 Å². The molecule has 0 spiro atoms. The van der Waals surface area contributed by atoms with Crippen LogP contribution < -0.4 is 5.32 Å². The predicted octanol–water partition coefficient (Wildman–Crippen LogP) is 3.12. The average Bonchev–Trinajstić information content (AvgIpc) is 2.98. The van der Waals surface area contributed by atoms with E-state index in [9.17, 15) is 9.90 Å². The molecule has 128 valence electrons. The Labute approximate surface area is 146 Å². The average molecular weight is 348 g/mol. The second kappa shape index (κ2) is 7.36. The smallest absolute Gasteiger partial charge is 0.272 e. The number of hydrogen-bond donors (Lipinski definition) is 2. The first kappa shape index (κ1) is 17.0. The minimum absolute atomic E-state index is 0.156. The Morgan fingerprint density at radius 1 is 1.33 bits per heavy atom. The molecule has 6 heteroatoms. The van der Waals surface area contributed by atoms with E-state index in [0.29, 0.717) is 16.6 Å². The number of aliphatic hydroxyl groups excluding tert-OH is 1. The van der Waals surface area contributed by atoms with E-state index in [1.54, 1.807) is 16.8 Å². The van der Waals surface area contributed by atoms with Crippen LogP contribution in [0.4, 0.5) is 0 Å². The van der Waals surface area contributed by atoms with Gasteiger partial charge in [0.2, 0.25) is 0 Å². The van der Waals surface area contributed by atoms with E-state index in [0.717, 1.165) is 37.1 Å². The number of rotatable bonds is 4. The first-order valence-corrected chi connectivity index (χ1v) is 8.69. The highest BCUT2D eigenvalue weighted by Crippen LogP contribution is 2.24. The summed E-state index contributed by atoms with van der Waals surface area (Å²) < 4.78 is 1.69. The van der Waals surface area contributed by atoms with Gasteiger partial charge in [0, 0.05) is 18.3 Å². The van der Waals surface area contributed by atoms with Crippen LogP contribution in [0.2, 0.25) is 5.02 Å². The third-order valence-corrected chi connectivity index (χ3v) is 4.96. The van der Waals surface area contributed by atoms with Crippen LogP contribution in [0.5, 0.6) is 0 Å². The van der Waals surface area contributed by atoms with Crippen LogP contribution in [0.15, 0.2) is 30.3 Å². The van der Waals surface area contributed by atoms with Crippen LogP contribution in [0.1, 0.15) is 41.9 Å². The maximum absolute atomic E-state index is 12.5. The van der Waals surface area contributed by atoms with Gasteiger partial charge in [0.1, 0.15) is 0 Å². The minimum atomic E-state index is -0.156. The summed E-state index contributed by atoms with van der Waals surface area (Å²) in [6.45, 7) is 2.14. The number of amides is 1. The second-order valence-electron chi connectivity index (χ2n) is 6.41. The standard InChI is InChI=1S/C18H22ClN3O2/c1-12-10-16(21-22(12)17-5-3-2-4-15(17)19)18(24)20-14-8-6-13(11-23)7-9-14/h2-5,10,13-14,23H,6-9,11H2,1H3,(H,20,24). The summed E-state index contributed by atoms with van der Waals surface area (Å²) in [6.07, 6.45) is 3.71. The summed E-state index contributed by atoms with van der Waals surface area (Å²) in [5.74, 6) is 0.219. The molecule has 0 atom stereocenters. The van der Waals surface area contributed by atoms with Crippen LogP contribution in [-0.2, 0) is 0 Å². The summed E-state index contributed by atoms with van der Waals surface area (Å²) in [4.78, 5) is 12.5. The van der Waals surface area contributed by atoms with Gasteiger partial charge in [-0.15, -0.1) is 0 Å².